The molecule has 4 heterocycles. The third kappa shape index (κ3) is 2.36. The number of hydrogen-bond acceptors (Lipinski definition) is 7. The molecule has 1 aromatic heterocycles. The van der Waals surface area contributed by atoms with Gasteiger partial charge in [-0.15, -0.1) is 0 Å². The van der Waals surface area contributed by atoms with Crippen molar-refractivity contribution in [1.82, 2.24) is 10.5 Å². The van der Waals surface area contributed by atoms with Gasteiger partial charge in [-0.25, -0.2) is 0 Å². The Kier molecular flexibility index (Phi) is 3.86. The maximum Gasteiger partial charge on any atom is 0.242 e. The SMILES string of the molecule is Cc1noc2c(Cl)c3c(cc12)CC1(C(=O)CC(=O)NC1=O)[C@H]1[C@H](C)O[C@H](C)CN31. The Hall–Kier alpha value is -2.45. The number of amides is 2. The van der Waals surface area contributed by atoms with Gasteiger partial charge in [0.25, 0.3) is 0 Å². The highest BCUT2D eigenvalue weighted by Gasteiger charge is 2.62. The fourth-order valence-corrected chi connectivity index (χ4v) is 5.63. The molecule has 0 aliphatic carbocycles. The molecular formula is C20H20ClN3O5. The van der Waals surface area contributed by atoms with Crippen LogP contribution < -0.4 is 10.2 Å². The predicted octanol–water partition coefficient (Wildman–Crippen LogP) is 1.93. The van der Waals surface area contributed by atoms with Gasteiger partial charge in [0.1, 0.15) is 10.4 Å². The van der Waals surface area contributed by atoms with Crippen LogP contribution in [0, 0.1) is 12.3 Å². The molecule has 0 saturated carbocycles. The van der Waals surface area contributed by atoms with E-state index in [-0.39, 0.29) is 24.7 Å². The Labute approximate surface area is 171 Å². The van der Waals surface area contributed by atoms with Crippen molar-refractivity contribution in [3.8, 4) is 0 Å². The lowest BCUT2D eigenvalue weighted by atomic mass is 9.63. The molecule has 0 bridgehead atoms. The fourth-order valence-electron chi connectivity index (χ4n) is 5.26. The first-order chi connectivity index (χ1) is 13.7. The number of carbonyl (C=O) groups excluding carboxylic acids is 3. The van der Waals surface area contributed by atoms with Crippen LogP contribution in [0.15, 0.2) is 10.6 Å². The molecule has 29 heavy (non-hydrogen) atoms. The second kappa shape index (κ2) is 6.03. The molecule has 1 aromatic carbocycles. The molecule has 2 amide bonds. The number of piperidine rings is 1. The molecule has 5 rings (SSSR count). The number of benzene rings is 1. The Balaban J connectivity index is 1.79. The maximum absolute atomic E-state index is 13.2. The maximum atomic E-state index is 13.2. The minimum absolute atomic E-state index is 0.129. The smallest absolute Gasteiger partial charge is 0.242 e. The van der Waals surface area contributed by atoms with E-state index < -0.39 is 29.4 Å². The number of aromatic nitrogens is 1. The van der Waals surface area contributed by atoms with E-state index in [1.54, 1.807) is 0 Å². The second-order valence-electron chi connectivity index (χ2n) is 8.22. The number of halogens is 1. The van der Waals surface area contributed by atoms with Crippen molar-refractivity contribution in [2.75, 3.05) is 11.4 Å². The summed E-state index contributed by atoms with van der Waals surface area (Å²) in [5.41, 5.74) is 1.26. The van der Waals surface area contributed by atoms with Crippen LogP contribution in [0.3, 0.4) is 0 Å². The van der Waals surface area contributed by atoms with Gasteiger partial charge in [-0.3, -0.25) is 19.7 Å². The topological polar surface area (TPSA) is 102 Å². The summed E-state index contributed by atoms with van der Waals surface area (Å²) in [6.45, 7) is 6.05. The minimum atomic E-state index is -1.41. The highest BCUT2D eigenvalue weighted by atomic mass is 35.5. The summed E-state index contributed by atoms with van der Waals surface area (Å²) in [6.07, 6.45) is -0.728. The van der Waals surface area contributed by atoms with Crippen LogP contribution in [-0.4, -0.2) is 47.5 Å². The summed E-state index contributed by atoms with van der Waals surface area (Å²) >= 11 is 6.76. The van der Waals surface area contributed by atoms with Crippen LogP contribution in [0.1, 0.15) is 31.5 Å². The Morgan fingerprint density at radius 2 is 2.07 bits per heavy atom. The average molecular weight is 418 g/mol. The van der Waals surface area contributed by atoms with Crippen LogP contribution in [0.25, 0.3) is 11.0 Å². The number of aryl methyl sites for hydroxylation is 1. The van der Waals surface area contributed by atoms with Gasteiger partial charge in [-0.1, -0.05) is 16.8 Å². The van der Waals surface area contributed by atoms with Gasteiger partial charge in [0, 0.05) is 11.9 Å². The van der Waals surface area contributed by atoms with Crippen molar-refractivity contribution in [3.63, 3.8) is 0 Å². The summed E-state index contributed by atoms with van der Waals surface area (Å²) in [5, 5.41) is 7.55. The van der Waals surface area contributed by atoms with Crippen molar-refractivity contribution in [2.24, 2.45) is 5.41 Å². The van der Waals surface area contributed by atoms with Gasteiger partial charge in [0.05, 0.1) is 36.1 Å². The number of ether oxygens (including phenoxy) is 1. The van der Waals surface area contributed by atoms with E-state index >= 15 is 0 Å². The summed E-state index contributed by atoms with van der Waals surface area (Å²) < 4.78 is 11.5. The van der Waals surface area contributed by atoms with Crippen molar-refractivity contribution in [3.05, 3.63) is 22.3 Å². The fraction of sp³-hybridized carbons (Fsp3) is 0.500. The van der Waals surface area contributed by atoms with Gasteiger partial charge in [0.2, 0.25) is 11.8 Å². The molecule has 9 heteroatoms. The molecule has 3 aliphatic rings. The summed E-state index contributed by atoms with van der Waals surface area (Å²) in [4.78, 5) is 40.2. The highest BCUT2D eigenvalue weighted by Crippen LogP contribution is 2.51. The largest absolute Gasteiger partial charge is 0.372 e. The molecule has 8 nitrogen and oxygen atoms in total. The van der Waals surface area contributed by atoms with E-state index in [2.05, 4.69) is 10.5 Å². The minimum Gasteiger partial charge on any atom is -0.372 e. The first kappa shape index (κ1) is 18.6. The van der Waals surface area contributed by atoms with E-state index in [1.807, 2.05) is 31.7 Å². The lowest BCUT2D eigenvalue weighted by Gasteiger charge is -2.55. The second-order valence-corrected chi connectivity index (χ2v) is 8.60. The van der Waals surface area contributed by atoms with Crippen LogP contribution in [-0.2, 0) is 25.5 Å². The molecule has 0 radical (unpaired) electrons. The standard InChI is InChI=1S/C20H20ClN3O5/c1-8-7-24-16-11(4-12-9(2)23-29-17(12)15(16)21)6-20(18(24)10(3)28-8)13(25)5-14(26)22-19(20)27/h4,8,10,18H,5-7H2,1-3H3,(H,22,26,27)/t8-,10+,18-,20?/m1/s1. The molecular weight excluding hydrogens is 398 g/mol. The van der Waals surface area contributed by atoms with Gasteiger partial charge < -0.3 is 14.2 Å². The van der Waals surface area contributed by atoms with Gasteiger partial charge >= 0.3 is 0 Å². The summed E-state index contributed by atoms with van der Waals surface area (Å²) in [5.74, 6) is -1.51. The molecule has 4 atom stereocenters. The van der Waals surface area contributed by atoms with Crippen LogP contribution in [0.2, 0.25) is 5.02 Å². The highest BCUT2D eigenvalue weighted by molar-refractivity contribution is 6.38. The van der Waals surface area contributed by atoms with Crippen molar-refractivity contribution in [1.29, 1.82) is 0 Å². The van der Waals surface area contributed by atoms with Crippen LogP contribution in [0.5, 0.6) is 0 Å². The Morgan fingerprint density at radius 1 is 1.31 bits per heavy atom. The van der Waals surface area contributed by atoms with Crippen LogP contribution >= 0.6 is 11.6 Å². The molecule has 2 fully saturated rings. The first-order valence-electron chi connectivity index (χ1n) is 9.61. The number of rotatable bonds is 0. The molecule has 1 spiro atoms. The number of ketones is 1. The third-order valence-electron chi connectivity index (χ3n) is 6.36. The van der Waals surface area contributed by atoms with Gasteiger partial charge in [-0.05, 0) is 38.8 Å². The van der Waals surface area contributed by atoms with E-state index in [4.69, 9.17) is 20.9 Å². The normalized spacial score (nSPS) is 31.8. The zero-order valence-electron chi connectivity index (χ0n) is 16.2. The average Bonchev–Trinajstić information content (AvgIpc) is 3.00. The quantitative estimate of drug-likeness (QED) is 0.516. The number of morpholine rings is 1. The van der Waals surface area contributed by atoms with Gasteiger partial charge in [-0.2, -0.15) is 0 Å². The third-order valence-corrected chi connectivity index (χ3v) is 6.71. The van der Waals surface area contributed by atoms with Crippen molar-refractivity contribution >= 4 is 45.9 Å². The number of carbonyl (C=O) groups is 3. The first-order valence-corrected chi connectivity index (χ1v) is 9.99. The molecule has 152 valence electrons. The number of imide groups is 1. The van der Waals surface area contributed by atoms with Crippen molar-refractivity contribution in [2.45, 2.75) is 51.9 Å². The number of anilines is 1. The van der Waals surface area contributed by atoms with Crippen molar-refractivity contribution < 1.29 is 23.6 Å². The zero-order chi connectivity index (χ0) is 20.7. The van der Waals surface area contributed by atoms with E-state index in [0.29, 0.717) is 22.8 Å². The predicted molar refractivity (Wildman–Crippen MR) is 104 cm³/mol. The molecule has 1 unspecified atom stereocenters. The number of hydrogen-bond donors (Lipinski definition) is 1. The van der Waals surface area contributed by atoms with Gasteiger partial charge in [0.15, 0.2) is 11.4 Å². The van der Waals surface area contributed by atoms with Crippen LogP contribution in [0.4, 0.5) is 5.69 Å². The molecule has 3 aliphatic heterocycles. The number of nitrogens with one attached hydrogen (secondary N) is 1. The Bertz CT molecular complexity index is 1070. The summed E-state index contributed by atoms with van der Waals surface area (Å²) in [6, 6.07) is 1.31. The zero-order valence-corrected chi connectivity index (χ0v) is 17.0. The molecule has 1 N–H and O–H groups in total. The number of fused-ring (bicyclic) bond motifs is 5. The number of nitrogens with zero attached hydrogens (tertiary/aromatic N) is 2. The van der Waals surface area contributed by atoms with E-state index in [0.717, 1.165) is 16.6 Å². The lowest BCUT2D eigenvalue weighted by molar-refractivity contribution is -0.158. The summed E-state index contributed by atoms with van der Waals surface area (Å²) in [7, 11) is 0. The lowest BCUT2D eigenvalue weighted by Crippen LogP contribution is -2.72. The molecule has 2 aromatic rings. The number of Topliss-reactive ketones (excluding diaryl/α,β-unsaturated/α-hetero) is 1. The molecule has 2 saturated heterocycles. The van der Waals surface area contributed by atoms with E-state index in [1.165, 1.54) is 0 Å². The van der Waals surface area contributed by atoms with E-state index in [9.17, 15) is 14.4 Å². The monoisotopic (exact) mass is 417 g/mol. The Morgan fingerprint density at radius 3 is 2.79 bits per heavy atom.